The molecule has 0 fully saturated rings. The molecule has 7 heteroatoms. The van der Waals surface area contributed by atoms with Gasteiger partial charge in [0.05, 0.1) is 23.2 Å². The number of phenols is 1. The van der Waals surface area contributed by atoms with Crippen molar-refractivity contribution < 1.29 is 27.8 Å². The van der Waals surface area contributed by atoms with Gasteiger partial charge < -0.3 is 9.84 Å². The number of esters is 1. The first-order valence-corrected chi connectivity index (χ1v) is 6.93. The number of hydrogen-bond acceptors (Lipinski definition) is 4. The molecular formula is C13H15F3O3S. The molecule has 0 radical (unpaired) electrons. The summed E-state index contributed by atoms with van der Waals surface area (Å²) in [6, 6.07) is 4.29. The molecule has 0 unspecified atom stereocenters. The summed E-state index contributed by atoms with van der Waals surface area (Å²) in [7, 11) is 0. The lowest BCUT2D eigenvalue weighted by Crippen LogP contribution is -2.15. The number of thioether (sulfide) groups is 1. The molecule has 112 valence electrons. The molecule has 1 aromatic rings. The Bertz CT molecular complexity index is 474. The molecule has 1 rings (SSSR count). The highest BCUT2D eigenvalue weighted by atomic mass is 32.2. The van der Waals surface area contributed by atoms with Gasteiger partial charge in [0.2, 0.25) is 0 Å². The van der Waals surface area contributed by atoms with Gasteiger partial charge in [-0.05, 0) is 25.5 Å². The summed E-state index contributed by atoms with van der Waals surface area (Å²) in [6.45, 7) is 3.36. The van der Waals surface area contributed by atoms with E-state index in [0.717, 1.165) is 0 Å². The van der Waals surface area contributed by atoms with Crippen molar-refractivity contribution in [1.82, 2.24) is 0 Å². The second kappa shape index (κ2) is 6.88. The van der Waals surface area contributed by atoms with E-state index in [1.54, 1.807) is 6.92 Å². The van der Waals surface area contributed by atoms with E-state index in [2.05, 4.69) is 0 Å². The maximum absolute atomic E-state index is 12.3. The zero-order valence-electron chi connectivity index (χ0n) is 11.0. The Morgan fingerprint density at radius 2 is 2.10 bits per heavy atom. The van der Waals surface area contributed by atoms with Crippen LogP contribution in [0.3, 0.4) is 0 Å². The molecule has 1 N–H and O–H groups in total. The first kappa shape index (κ1) is 16.7. The summed E-state index contributed by atoms with van der Waals surface area (Å²) in [5, 5.41) is 9.71. The van der Waals surface area contributed by atoms with Gasteiger partial charge in [-0.15, -0.1) is 11.8 Å². The van der Waals surface area contributed by atoms with Gasteiger partial charge >= 0.3 is 12.1 Å². The van der Waals surface area contributed by atoms with Crippen molar-refractivity contribution in [1.29, 1.82) is 0 Å². The number of carbonyl (C=O) groups is 1. The van der Waals surface area contributed by atoms with Gasteiger partial charge in [0.1, 0.15) is 5.75 Å². The standard InChI is InChI=1S/C13H15F3O3S/c1-3-19-12(18)8(2)9-5-4-6-10(17)11(9)20-7-13(14,15)16/h4-6,8,17H,3,7H2,1-2H3/t8-/m1/s1. The van der Waals surface area contributed by atoms with Crippen molar-refractivity contribution in [2.45, 2.75) is 30.8 Å². The average molecular weight is 308 g/mol. The van der Waals surface area contributed by atoms with Crippen LogP contribution in [0.2, 0.25) is 0 Å². The number of hydrogen-bond donors (Lipinski definition) is 1. The molecule has 0 aliphatic heterocycles. The van der Waals surface area contributed by atoms with E-state index in [-0.39, 0.29) is 17.3 Å². The summed E-state index contributed by atoms with van der Waals surface area (Å²) in [6.07, 6.45) is -4.35. The van der Waals surface area contributed by atoms with Crippen molar-refractivity contribution >= 4 is 17.7 Å². The maximum atomic E-state index is 12.3. The van der Waals surface area contributed by atoms with Crippen LogP contribution in [0.15, 0.2) is 23.1 Å². The van der Waals surface area contributed by atoms with Gasteiger partial charge in [0.25, 0.3) is 0 Å². The second-order valence-corrected chi connectivity index (χ2v) is 5.06. The van der Waals surface area contributed by atoms with Crippen molar-refractivity contribution in [2.24, 2.45) is 0 Å². The topological polar surface area (TPSA) is 46.5 Å². The van der Waals surface area contributed by atoms with Crippen LogP contribution >= 0.6 is 11.8 Å². The summed E-state index contributed by atoms with van der Waals surface area (Å²) in [4.78, 5) is 11.7. The highest BCUT2D eigenvalue weighted by Crippen LogP contribution is 2.38. The molecule has 0 heterocycles. The van der Waals surface area contributed by atoms with Crippen molar-refractivity contribution in [3.8, 4) is 5.75 Å². The van der Waals surface area contributed by atoms with Crippen molar-refractivity contribution in [3.05, 3.63) is 23.8 Å². The largest absolute Gasteiger partial charge is 0.507 e. The van der Waals surface area contributed by atoms with Crippen LogP contribution < -0.4 is 0 Å². The SMILES string of the molecule is CCOC(=O)[C@H](C)c1cccc(O)c1SCC(F)(F)F. The van der Waals surface area contributed by atoms with Crippen LogP contribution in [0.25, 0.3) is 0 Å². The lowest BCUT2D eigenvalue weighted by atomic mass is 10.0. The monoisotopic (exact) mass is 308 g/mol. The van der Waals surface area contributed by atoms with Crippen LogP contribution in [0.1, 0.15) is 25.3 Å². The smallest absolute Gasteiger partial charge is 0.398 e. The zero-order valence-corrected chi connectivity index (χ0v) is 11.8. The molecule has 0 amide bonds. The molecule has 0 bridgehead atoms. The van der Waals surface area contributed by atoms with E-state index < -0.39 is 23.8 Å². The summed E-state index contributed by atoms with van der Waals surface area (Å²) in [5.41, 5.74) is 0.331. The molecule has 0 aliphatic carbocycles. The van der Waals surface area contributed by atoms with Crippen LogP contribution in [0, 0.1) is 0 Å². The third-order valence-corrected chi connectivity index (χ3v) is 3.72. The van der Waals surface area contributed by atoms with Crippen molar-refractivity contribution in [2.75, 3.05) is 12.4 Å². The van der Waals surface area contributed by atoms with E-state index >= 15 is 0 Å². The Hall–Kier alpha value is -1.37. The third kappa shape index (κ3) is 4.63. The van der Waals surface area contributed by atoms with E-state index in [4.69, 9.17) is 4.74 Å². The molecule has 0 saturated carbocycles. The molecule has 0 aromatic heterocycles. The molecule has 0 spiro atoms. The number of alkyl halides is 3. The Morgan fingerprint density at radius 1 is 1.45 bits per heavy atom. The third-order valence-electron chi connectivity index (χ3n) is 2.51. The highest BCUT2D eigenvalue weighted by Gasteiger charge is 2.29. The van der Waals surface area contributed by atoms with Gasteiger partial charge in [-0.3, -0.25) is 4.79 Å². The maximum Gasteiger partial charge on any atom is 0.398 e. The molecular weight excluding hydrogens is 293 g/mol. The fourth-order valence-electron chi connectivity index (χ4n) is 1.59. The fraction of sp³-hybridized carbons (Fsp3) is 0.462. The molecule has 0 aliphatic rings. The van der Waals surface area contributed by atoms with E-state index in [9.17, 15) is 23.1 Å². The highest BCUT2D eigenvalue weighted by molar-refractivity contribution is 7.99. The van der Waals surface area contributed by atoms with Gasteiger partial charge in [-0.2, -0.15) is 13.2 Å². The minimum atomic E-state index is -4.35. The first-order chi connectivity index (χ1) is 9.26. The van der Waals surface area contributed by atoms with Crippen LogP contribution in [-0.2, 0) is 9.53 Å². The fourth-order valence-corrected chi connectivity index (χ4v) is 2.52. The minimum absolute atomic E-state index is 0.0605. The Labute approximate surface area is 119 Å². The molecule has 1 aromatic carbocycles. The Kier molecular flexibility index (Phi) is 5.74. The van der Waals surface area contributed by atoms with Gasteiger partial charge in [-0.25, -0.2) is 0 Å². The average Bonchev–Trinajstić information content (AvgIpc) is 2.35. The molecule has 3 nitrogen and oxygen atoms in total. The van der Waals surface area contributed by atoms with Crippen molar-refractivity contribution in [3.63, 3.8) is 0 Å². The number of ether oxygens (including phenoxy) is 1. The predicted molar refractivity (Wildman–Crippen MR) is 69.9 cm³/mol. The summed E-state index contributed by atoms with van der Waals surface area (Å²) in [5.74, 6) is -2.68. The normalized spacial score (nSPS) is 13.1. The number of carbonyl (C=O) groups excluding carboxylic acids is 1. The summed E-state index contributed by atoms with van der Waals surface area (Å²) < 4.78 is 41.7. The molecule has 1 atom stereocenters. The number of rotatable bonds is 5. The van der Waals surface area contributed by atoms with Gasteiger partial charge in [0.15, 0.2) is 0 Å². The van der Waals surface area contributed by atoms with Crippen LogP contribution in [-0.4, -0.2) is 29.6 Å². The Balaban J connectivity index is 3.01. The molecule has 20 heavy (non-hydrogen) atoms. The lowest BCUT2D eigenvalue weighted by Gasteiger charge is -2.16. The number of halogens is 3. The minimum Gasteiger partial charge on any atom is -0.507 e. The summed E-state index contributed by atoms with van der Waals surface area (Å²) >= 11 is 0.462. The molecule has 0 saturated heterocycles. The van der Waals surface area contributed by atoms with E-state index in [1.807, 2.05) is 0 Å². The Morgan fingerprint density at radius 3 is 2.65 bits per heavy atom. The van der Waals surface area contributed by atoms with E-state index in [0.29, 0.717) is 17.3 Å². The van der Waals surface area contributed by atoms with Crippen LogP contribution in [0.4, 0.5) is 13.2 Å². The zero-order chi connectivity index (χ0) is 15.3. The van der Waals surface area contributed by atoms with Gasteiger partial charge in [-0.1, -0.05) is 12.1 Å². The lowest BCUT2D eigenvalue weighted by molar-refractivity contribution is -0.144. The van der Waals surface area contributed by atoms with Gasteiger partial charge in [0, 0.05) is 0 Å². The quantitative estimate of drug-likeness (QED) is 0.665. The second-order valence-electron chi connectivity index (χ2n) is 4.07. The predicted octanol–water partition coefficient (Wildman–Crippen LogP) is 3.71. The number of phenolic OH excluding ortho intramolecular Hbond substituents is 1. The first-order valence-electron chi connectivity index (χ1n) is 5.94. The van der Waals surface area contributed by atoms with E-state index in [1.165, 1.54) is 25.1 Å². The number of benzene rings is 1. The number of aromatic hydroxyl groups is 1. The van der Waals surface area contributed by atoms with Crippen LogP contribution in [0.5, 0.6) is 5.75 Å².